The zero-order valence-electron chi connectivity index (χ0n) is 12.9. The Labute approximate surface area is 141 Å². The summed E-state index contributed by atoms with van der Waals surface area (Å²) in [5.41, 5.74) is 6.58. The normalized spacial score (nSPS) is 29.5. The van der Waals surface area contributed by atoms with Gasteiger partial charge >= 0.3 is 0 Å². The van der Waals surface area contributed by atoms with Crippen LogP contribution in [0.25, 0.3) is 0 Å². The Bertz CT molecular complexity index is 556. The molecule has 3 rings (SSSR count). The number of amides is 1. The lowest BCUT2D eigenvalue weighted by Gasteiger charge is -2.45. The van der Waals surface area contributed by atoms with Crippen LogP contribution in [0, 0.1) is 23.5 Å². The van der Waals surface area contributed by atoms with Crippen LogP contribution >= 0.6 is 12.4 Å². The lowest BCUT2D eigenvalue weighted by molar-refractivity contribution is -0.122. The third-order valence-corrected chi connectivity index (χ3v) is 5.05. The van der Waals surface area contributed by atoms with E-state index in [2.05, 4.69) is 5.32 Å². The van der Waals surface area contributed by atoms with Crippen LogP contribution in [-0.2, 0) is 11.2 Å². The zero-order chi connectivity index (χ0) is 15.7. The number of carbonyl (C=O) groups excluding carboxylic acids is 1. The maximum Gasteiger partial charge on any atom is 0.224 e. The van der Waals surface area contributed by atoms with Gasteiger partial charge in [0.1, 0.15) is 0 Å². The van der Waals surface area contributed by atoms with E-state index in [0.717, 1.165) is 37.8 Å². The molecule has 0 radical (unpaired) electrons. The minimum atomic E-state index is -0.911. The van der Waals surface area contributed by atoms with Crippen molar-refractivity contribution in [1.82, 2.24) is 5.32 Å². The number of hydrogen-bond donors (Lipinski definition) is 2. The van der Waals surface area contributed by atoms with Crippen LogP contribution < -0.4 is 11.1 Å². The molecule has 2 fully saturated rings. The van der Waals surface area contributed by atoms with Crippen LogP contribution in [0.5, 0.6) is 0 Å². The first-order valence-electron chi connectivity index (χ1n) is 8.02. The molecular formula is C17H23ClF2N2O. The van der Waals surface area contributed by atoms with Crippen molar-refractivity contribution in [1.29, 1.82) is 0 Å². The average molecular weight is 345 g/mol. The maximum atomic E-state index is 13.2. The van der Waals surface area contributed by atoms with Crippen molar-refractivity contribution in [3.8, 4) is 0 Å². The molecule has 0 aromatic heterocycles. The van der Waals surface area contributed by atoms with E-state index in [4.69, 9.17) is 5.73 Å². The molecule has 1 amide bonds. The molecular weight excluding hydrogens is 322 g/mol. The molecule has 2 saturated carbocycles. The van der Waals surface area contributed by atoms with Crippen LogP contribution in [0.15, 0.2) is 18.2 Å². The van der Waals surface area contributed by atoms with Gasteiger partial charge in [0.2, 0.25) is 5.91 Å². The Kier molecular flexibility index (Phi) is 5.98. The van der Waals surface area contributed by atoms with E-state index in [1.807, 2.05) is 0 Å². The van der Waals surface area contributed by atoms with Gasteiger partial charge in [0.15, 0.2) is 11.6 Å². The molecule has 2 aliphatic rings. The van der Waals surface area contributed by atoms with Gasteiger partial charge in [-0.2, -0.15) is 0 Å². The Morgan fingerprint density at radius 1 is 1.17 bits per heavy atom. The van der Waals surface area contributed by atoms with Crippen LogP contribution in [-0.4, -0.2) is 18.0 Å². The van der Waals surface area contributed by atoms with E-state index in [1.54, 1.807) is 0 Å². The van der Waals surface area contributed by atoms with E-state index >= 15 is 0 Å². The van der Waals surface area contributed by atoms with E-state index < -0.39 is 11.6 Å². The summed E-state index contributed by atoms with van der Waals surface area (Å²) in [6.07, 6.45) is 5.44. The summed E-state index contributed by atoms with van der Waals surface area (Å²) >= 11 is 0. The van der Waals surface area contributed by atoms with Gasteiger partial charge in [-0.1, -0.05) is 12.5 Å². The summed E-state index contributed by atoms with van der Waals surface area (Å²) in [7, 11) is 0. The Morgan fingerprint density at radius 3 is 2.43 bits per heavy atom. The molecule has 1 aromatic rings. The standard InChI is InChI=1S/C17H22F2N2O.ClH/c18-14-5-4-10(6-15(14)19)7-16(22)21-17-11-2-1-3-12(17)9-13(20)8-11;/h4-6,11-13,17H,1-3,7-9,20H2,(H,21,22);1H. The second-order valence-electron chi connectivity index (χ2n) is 6.70. The highest BCUT2D eigenvalue weighted by molar-refractivity contribution is 5.85. The van der Waals surface area contributed by atoms with Crippen molar-refractivity contribution < 1.29 is 13.6 Å². The lowest BCUT2D eigenvalue weighted by atomic mass is 9.67. The molecule has 3 N–H and O–H groups in total. The van der Waals surface area contributed by atoms with Crippen molar-refractivity contribution in [3.05, 3.63) is 35.4 Å². The van der Waals surface area contributed by atoms with E-state index in [1.165, 1.54) is 12.5 Å². The number of halogens is 3. The fourth-order valence-corrected chi connectivity index (χ4v) is 4.10. The molecule has 2 unspecified atom stereocenters. The number of benzene rings is 1. The van der Waals surface area contributed by atoms with Gasteiger partial charge in [-0.15, -0.1) is 12.4 Å². The van der Waals surface area contributed by atoms with Crippen molar-refractivity contribution in [2.24, 2.45) is 17.6 Å². The first-order valence-corrected chi connectivity index (χ1v) is 8.02. The monoisotopic (exact) mass is 344 g/mol. The van der Waals surface area contributed by atoms with Crippen LogP contribution in [0.4, 0.5) is 8.78 Å². The molecule has 0 spiro atoms. The van der Waals surface area contributed by atoms with Gasteiger partial charge in [-0.25, -0.2) is 8.78 Å². The molecule has 1 aromatic carbocycles. The summed E-state index contributed by atoms with van der Waals surface area (Å²) in [4.78, 5) is 12.2. The molecule has 3 nitrogen and oxygen atoms in total. The quantitative estimate of drug-likeness (QED) is 0.885. The third-order valence-electron chi connectivity index (χ3n) is 5.05. The van der Waals surface area contributed by atoms with Gasteiger partial charge in [0.25, 0.3) is 0 Å². The van der Waals surface area contributed by atoms with Gasteiger partial charge in [-0.3, -0.25) is 4.79 Å². The number of hydrogen-bond acceptors (Lipinski definition) is 2. The highest BCUT2D eigenvalue weighted by Crippen LogP contribution is 2.39. The van der Waals surface area contributed by atoms with Gasteiger partial charge in [0, 0.05) is 12.1 Å². The van der Waals surface area contributed by atoms with Gasteiger partial charge < -0.3 is 11.1 Å². The minimum Gasteiger partial charge on any atom is -0.353 e. The maximum absolute atomic E-state index is 13.2. The lowest BCUT2D eigenvalue weighted by Crippen LogP contribution is -2.54. The molecule has 2 atom stereocenters. The summed E-state index contributed by atoms with van der Waals surface area (Å²) < 4.78 is 26.1. The predicted molar refractivity (Wildman–Crippen MR) is 87.3 cm³/mol. The number of fused-ring (bicyclic) bond motifs is 2. The molecule has 23 heavy (non-hydrogen) atoms. The fraction of sp³-hybridized carbons (Fsp3) is 0.588. The highest BCUT2D eigenvalue weighted by atomic mass is 35.5. The van der Waals surface area contributed by atoms with E-state index in [-0.39, 0.29) is 36.8 Å². The van der Waals surface area contributed by atoms with E-state index in [9.17, 15) is 13.6 Å². The molecule has 0 saturated heterocycles. The first-order chi connectivity index (χ1) is 10.5. The van der Waals surface area contributed by atoms with Crippen molar-refractivity contribution >= 4 is 18.3 Å². The topological polar surface area (TPSA) is 55.1 Å². The smallest absolute Gasteiger partial charge is 0.224 e. The fourth-order valence-electron chi connectivity index (χ4n) is 4.10. The van der Waals surface area contributed by atoms with Crippen LogP contribution in [0.2, 0.25) is 0 Å². The zero-order valence-corrected chi connectivity index (χ0v) is 13.8. The molecule has 0 heterocycles. The summed E-state index contributed by atoms with van der Waals surface area (Å²) in [6, 6.07) is 4.04. The second kappa shape index (κ2) is 7.58. The number of nitrogens with two attached hydrogens (primary N) is 1. The third kappa shape index (κ3) is 4.21. The van der Waals surface area contributed by atoms with Gasteiger partial charge in [-0.05, 0) is 55.2 Å². The van der Waals surface area contributed by atoms with Crippen LogP contribution in [0.3, 0.4) is 0 Å². The summed E-state index contributed by atoms with van der Waals surface area (Å²) in [5.74, 6) is -1.01. The SMILES string of the molecule is Cl.NC1CC2CCCC(C1)C2NC(=O)Cc1ccc(F)c(F)c1. The molecule has 2 aliphatic carbocycles. The van der Waals surface area contributed by atoms with Crippen molar-refractivity contribution in [3.63, 3.8) is 0 Å². The predicted octanol–water partition coefficient (Wildman–Crippen LogP) is 2.95. The highest BCUT2D eigenvalue weighted by Gasteiger charge is 2.39. The summed E-state index contributed by atoms with van der Waals surface area (Å²) in [6.45, 7) is 0. The summed E-state index contributed by atoms with van der Waals surface area (Å²) in [5, 5.41) is 3.11. The molecule has 128 valence electrons. The average Bonchev–Trinajstić information content (AvgIpc) is 2.44. The number of nitrogens with one attached hydrogen (secondary N) is 1. The van der Waals surface area contributed by atoms with Crippen molar-refractivity contribution in [2.45, 2.75) is 50.6 Å². The van der Waals surface area contributed by atoms with Gasteiger partial charge in [0.05, 0.1) is 6.42 Å². The van der Waals surface area contributed by atoms with Crippen molar-refractivity contribution in [2.75, 3.05) is 0 Å². The number of carbonyl (C=O) groups is 1. The van der Waals surface area contributed by atoms with Crippen LogP contribution in [0.1, 0.15) is 37.7 Å². The number of rotatable bonds is 3. The molecule has 0 aliphatic heterocycles. The van der Waals surface area contributed by atoms with E-state index in [0.29, 0.717) is 17.4 Å². The first kappa shape index (κ1) is 18.1. The Hall–Kier alpha value is -1.20. The Morgan fingerprint density at radius 2 is 1.83 bits per heavy atom. The Balaban J connectivity index is 0.00000192. The molecule has 6 heteroatoms. The molecule has 2 bridgehead atoms. The second-order valence-corrected chi connectivity index (χ2v) is 6.70. The largest absolute Gasteiger partial charge is 0.353 e. The minimum absolute atomic E-state index is 0.